The molecule has 1 aliphatic heterocycles. The predicted molar refractivity (Wildman–Crippen MR) is 103 cm³/mol. The largest absolute Gasteiger partial charge is 0.325 e. The third-order valence-corrected chi connectivity index (χ3v) is 7.20. The zero-order chi connectivity index (χ0) is 19.9. The van der Waals surface area contributed by atoms with Crippen LogP contribution in [0.15, 0.2) is 6.07 Å². The fourth-order valence-corrected chi connectivity index (χ4v) is 5.37. The number of carbonyl (C=O) groups is 4. The third kappa shape index (κ3) is 3.39. The number of aryl methyl sites for hydroxylation is 2. The van der Waals surface area contributed by atoms with Crippen LogP contribution < -0.4 is 16.2 Å². The summed E-state index contributed by atoms with van der Waals surface area (Å²) in [5.74, 6) is -0.813. The average molecular weight is 404 g/mol. The van der Waals surface area contributed by atoms with Gasteiger partial charge in [0.1, 0.15) is 12.1 Å². The maximum Gasteiger partial charge on any atom is 0.325 e. The van der Waals surface area contributed by atoms with Gasteiger partial charge in [-0.1, -0.05) is 6.92 Å². The van der Waals surface area contributed by atoms with Crippen LogP contribution in [0.5, 0.6) is 0 Å². The van der Waals surface area contributed by atoms with E-state index in [1.165, 1.54) is 21.8 Å². The number of rotatable bonds is 3. The van der Waals surface area contributed by atoms with Crippen LogP contribution in [0.25, 0.3) is 0 Å². The summed E-state index contributed by atoms with van der Waals surface area (Å²) in [5.41, 5.74) is 5.01. The summed E-state index contributed by atoms with van der Waals surface area (Å²) in [7, 11) is 0. The fourth-order valence-electron chi connectivity index (χ4n) is 4.23. The zero-order valence-electron chi connectivity index (χ0n) is 15.8. The first-order chi connectivity index (χ1) is 13.4. The number of fused-ring (bicyclic) bond motifs is 1. The number of hydrogen-bond donors (Lipinski definition) is 3. The SMILES string of the molecule is CC1CCC2(CC1)NC(=O)N(CC(=O)NNC(=O)c1cc3c(s1)CCC3)C2=O. The van der Waals surface area contributed by atoms with Crippen molar-refractivity contribution in [2.75, 3.05) is 6.54 Å². The lowest BCUT2D eigenvalue weighted by Crippen LogP contribution is -2.50. The minimum atomic E-state index is -0.870. The Morgan fingerprint density at radius 2 is 2.00 bits per heavy atom. The van der Waals surface area contributed by atoms with E-state index in [2.05, 4.69) is 23.1 Å². The Balaban J connectivity index is 1.31. The molecule has 0 atom stereocenters. The molecule has 0 bridgehead atoms. The molecule has 3 N–H and O–H groups in total. The molecule has 2 heterocycles. The number of hydrogen-bond acceptors (Lipinski definition) is 5. The van der Waals surface area contributed by atoms with E-state index in [-0.39, 0.29) is 11.8 Å². The summed E-state index contributed by atoms with van der Waals surface area (Å²) in [6.07, 6.45) is 6.02. The van der Waals surface area contributed by atoms with E-state index >= 15 is 0 Å². The molecule has 1 saturated heterocycles. The first kappa shape index (κ1) is 18.9. The van der Waals surface area contributed by atoms with Gasteiger partial charge in [0.05, 0.1) is 4.88 Å². The maximum absolute atomic E-state index is 12.8. The van der Waals surface area contributed by atoms with Crippen molar-refractivity contribution < 1.29 is 19.2 Å². The Labute approximate surface area is 167 Å². The third-order valence-electron chi connectivity index (χ3n) is 5.96. The monoisotopic (exact) mass is 404 g/mol. The normalized spacial score (nSPS) is 26.3. The van der Waals surface area contributed by atoms with Gasteiger partial charge in [0.15, 0.2) is 0 Å². The van der Waals surface area contributed by atoms with Crippen molar-refractivity contribution in [3.63, 3.8) is 0 Å². The quantitative estimate of drug-likeness (QED) is 0.524. The number of imide groups is 1. The Morgan fingerprint density at radius 1 is 1.25 bits per heavy atom. The van der Waals surface area contributed by atoms with Gasteiger partial charge in [-0.05, 0) is 62.5 Å². The molecule has 150 valence electrons. The second kappa shape index (κ2) is 7.20. The smallest absolute Gasteiger partial charge is 0.323 e. The molecule has 0 aromatic carbocycles. The Bertz CT molecular complexity index is 819. The molecular weight excluding hydrogens is 380 g/mol. The molecule has 1 spiro atoms. The van der Waals surface area contributed by atoms with Gasteiger partial charge in [-0.15, -0.1) is 11.3 Å². The molecule has 1 aromatic rings. The van der Waals surface area contributed by atoms with Gasteiger partial charge in [0, 0.05) is 4.88 Å². The molecule has 0 radical (unpaired) electrons. The highest BCUT2D eigenvalue weighted by molar-refractivity contribution is 7.14. The van der Waals surface area contributed by atoms with E-state index in [0.29, 0.717) is 23.6 Å². The van der Waals surface area contributed by atoms with Crippen molar-refractivity contribution in [1.29, 1.82) is 0 Å². The molecule has 8 nitrogen and oxygen atoms in total. The topological polar surface area (TPSA) is 108 Å². The van der Waals surface area contributed by atoms with E-state index < -0.39 is 24.0 Å². The van der Waals surface area contributed by atoms with Crippen molar-refractivity contribution in [1.82, 2.24) is 21.1 Å². The molecule has 4 rings (SSSR count). The molecule has 1 saturated carbocycles. The van der Waals surface area contributed by atoms with Crippen molar-refractivity contribution in [3.05, 3.63) is 21.4 Å². The summed E-state index contributed by atoms with van der Waals surface area (Å²) in [5, 5.41) is 2.78. The fraction of sp³-hybridized carbons (Fsp3) is 0.579. The first-order valence-electron chi connectivity index (χ1n) is 9.73. The second-order valence-corrected chi connectivity index (χ2v) is 9.14. The minimum absolute atomic E-state index is 0.347. The van der Waals surface area contributed by atoms with Gasteiger partial charge < -0.3 is 5.32 Å². The van der Waals surface area contributed by atoms with Gasteiger partial charge in [-0.25, -0.2) is 4.79 Å². The summed E-state index contributed by atoms with van der Waals surface area (Å²) in [6, 6.07) is 1.32. The number of carbonyl (C=O) groups excluding carboxylic acids is 4. The van der Waals surface area contributed by atoms with Crippen molar-refractivity contribution in [2.24, 2.45) is 5.92 Å². The van der Waals surface area contributed by atoms with Crippen molar-refractivity contribution in [2.45, 2.75) is 57.4 Å². The number of amides is 5. The average Bonchev–Trinajstić information content (AvgIpc) is 3.32. The van der Waals surface area contributed by atoms with E-state index in [9.17, 15) is 19.2 Å². The summed E-state index contributed by atoms with van der Waals surface area (Å²) in [4.78, 5) is 52.1. The summed E-state index contributed by atoms with van der Waals surface area (Å²) < 4.78 is 0. The number of hydrazine groups is 1. The molecule has 9 heteroatoms. The van der Waals surface area contributed by atoms with Crippen LogP contribution in [0, 0.1) is 5.92 Å². The molecule has 3 aliphatic rings. The molecule has 5 amide bonds. The number of nitrogens with one attached hydrogen (secondary N) is 3. The number of urea groups is 1. The van der Waals surface area contributed by atoms with Crippen LogP contribution in [0.1, 0.15) is 59.1 Å². The van der Waals surface area contributed by atoms with Gasteiger partial charge in [-0.2, -0.15) is 0 Å². The Morgan fingerprint density at radius 3 is 2.71 bits per heavy atom. The van der Waals surface area contributed by atoms with Crippen molar-refractivity contribution >= 4 is 35.1 Å². The molecule has 2 fully saturated rings. The van der Waals surface area contributed by atoms with Crippen LogP contribution in [0.4, 0.5) is 4.79 Å². The standard InChI is InChI=1S/C19H24N4O4S/c1-11-5-7-19(8-6-11)17(26)23(18(27)20-19)10-15(24)21-22-16(25)14-9-12-3-2-4-13(12)28-14/h9,11H,2-8,10H2,1H3,(H,20,27)(H,21,24)(H,22,25). The zero-order valence-corrected chi connectivity index (χ0v) is 16.6. The lowest BCUT2D eigenvalue weighted by molar-refractivity contribution is -0.136. The van der Waals surface area contributed by atoms with Crippen LogP contribution >= 0.6 is 11.3 Å². The van der Waals surface area contributed by atoms with Gasteiger partial charge in [-0.3, -0.25) is 30.1 Å². The Hall–Kier alpha value is -2.42. The summed E-state index contributed by atoms with van der Waals surface area (Å²) >= 11 is 1.44. The van der Waals surface area contributed by atoms with E-state index in [1.807, 2.05) is 6.07 Å². The van der Waals surface area contributed by atoms with E-state index in [1.54, 1.807) is 0 Å². The lowest BCUT2D eigenvalue weighted by Gasteiger charge is -2.33. The van der Waals surface area contributed by atoms with E-state index in [0.717, 1.165) is 37.0 Å². The predicted octanol–water partition coefficient (Wildman–Crippen LogP) is 1.50. The van der Waals surface area contributed by atoms with Gasteiger partial charge in [0.25, 0.3) is 17.7 Å². The molecule has 28 heavy (non-hydrogen) atoms. The molecule has 2 aliphatic carbocycles. The first-order valence-corrected chi connectivity index (χ1v) is 10.5. The van der Waals surface area contributed by atoms with Crippen LogP contribution in [-0.4, -0.2) is 40.7 Å². The highest BCUT2D eigenvalue weighted by atomic mass is 32.1. The maximum atomic E-state index is 12.8. The van der Waals surface area contributed by atoms with Crippen LogP contribution in [0.2, 0.25) is 0 Å². The van der Waals surface area contributed by atoms with Crippen molar-refractivity contribution in [3.8, 4) is 0 Å². The highest BCUT2D eigenvalue weighted by Gasteiger charge is 2.52. The van der Waals surface area contributed by atoms with Crippen LogP contribution in [-0.2, 0) is 22.4 Å². The van der Waals surface area contributed by atoms with E-state index in [4.69, 9.17) is 0 Å². The van der Waals surface area contributed by atoms with Gasteiger partial charge in [0.2, 0.25) is 0 Å². The minimum Gasteiger partial charge on any atom is -0.323 e. The van der Waals surface area contributed by atoms with Gasteiger partial charge >= 0.3 is 6.03 Å². The highest BCUT2D eigenvalue weighted by Crippen LogP contribution is 2.36. The molecule has 1 aromatic heterocycles. The van der Waals surface area contributed by atoms with Crippen LogP contribution in [0.3, 0.4) is 0 Å². The lowest BCUT2D eigenvalue weighted by atomic mass is 9.77. The number of thiophene rings is 1. The Kier molecular flexibility index (Phi) is 4.86. The summed E-state index contributed by atoms with van der Waals surface area (Å²) in [6.45, 7) is 1.72. The number of nitrogens with zero attached hydrogens (tertiary/aromatic N) is 1. The molecule has 0 unspecified atom stereocenters. The second-order valence-electron chi connectivity index (χ2n) is 8.00. The molecular formula is C19H24N4O4S.